The zero-order valence-electron chi connectivity index (χ0n) is 7.53. The van der Waals surface area contributed by atoms with E-state index in [1.165, 1.54) is 19.3 Å². The van der Waals surface area contributed by atoms with Gasteiger partial charge in [0.1, 0.15) is 11.6 Å². The summed E-state index contributed by atoms with van der Waals surface area (Å²) in [5.74, 6) is 1.97. The van der Waals surface area contributed by atoms with Gasteiger partial charge in [0.05, 0.1) is 0 Å². The van der Waals surface area contributed by atoms with Crippen molar-refractivity contribution in [3.8, 4) is 0 Å². The molecule has 2 rings (SSSR count). The highest BCUT2D eigenvalue weighted by atomic mass is 15.0. The number of rotatable bonds is 2. The van der Waals surface area contributed by atoms with Crippen molar-refractivity contribution in [2.75, 3.05) is 5.73 Å². The fourth-order valence-electron chi connectivity index (χ4n) is 1.45. The predicted octanol–water partition coefficient (Wildman–Crippen LogP) is 0.785. The van der Waals surface area contributed by atoms with Gasteiger partial charge >= 0.3 is 0 Å². The van der Waals surface area contributed by atoms with Crippen LogP contribution in [0.25, 0.3) is 0 Å². The first kappa shape index (κ1) is 8.44. The van der Waals surface area contributed by atoms with Crippen LogP contribution in [0.3, 0.4) is 0 Å². The smallest absolute Gasteiger partial charge is 0.133 e. The predicted molar refractivity (Wildman–Crippen MR) is 50.9 cm³/mol. The molecule has 0 radical (unpaired) electrons. The molecular weight excluding hydrogens is 164 g/mol. The Morgan fingerprint density at radius 2 is 2.23 bits per heavy atom. The average Bonchev–Trinajstić information content (AvgIpc) is 2.01. The molecule has 0 saturated heterocycles. The van der Waals surface area contributed by atoms with Crippen LogP contribution in [0.2, 0.25) is 0 Å². The molecule has 1 aliphatic rings. The molecule has 1 aliphatic carbocycles. The molecule has 0 aliphatic heterocycles. The Morgan fingerprint density at radius 3 is 2.69 bits per heavy atom. The van der Waals surface area contributed by atoms with Gasteiger partial charge in [0, 0.05) is 24.2 Å². The van der Waals surface area contributed by atoms with Crippen LogP contribution in [0, 0.1) is 0 Å². The Bertz CT molecular complexity index is 306. The fourth-order valence-corrected chi connectivity index (χ4v) is 1.45. The monoisotopic (exact) mass is 178 g/mol. The van der Waals surface area contributed by atoms with Crippen molar-refractivity contribution in [3.63, 3.8) is 0 Å². The van der Waals surface area contributed by atoms with Gasteiger partial charge in [0.2, 0.25) is 0 Å². The Labute approximate surface area is 77.4 Å². The largest absolute Gasteiger partial charge is 0.383 e. The summed E-state index contributed by atoms with van der Waals surface area (Å²) in [5.41, 5.74) is 12.0. The molecule has 0 atom stereocenters. The maximum Gasteiger partial charge on any atom is 0.133 e. The van der Waals surface area contributed by atoms with E-state index in [1.807, 2.05) is 0 Å². The molecule has 4 N–H and O–H groups in total. The van der Waals surface area contributed by atoms with Crippen molar-refractivity contribution in [3.05, 3.63) is 17.6 Å². The Kier molecular flexibility index (Phi) is 2.14. The molecule has 4 nitrogen and oxygen atoms in total. The molecule has 0 amide bonds. The third kappa shape index (κ3) is 1.49. The summed E-state index contributed by atoms with van der Waals surface area (Å²) in [6, 6.07) is 0. The molecular formula is C9H14N4. The maximum absolute atomic E-state index is 5.72. The molecule has 1 fully saturated rings. The minimum Gasteiger partial charge on any atom is -0.383 e. The van der Waals surface area contributed by atoms with Gasteiger partial charge in [0.15, 0.2) is 0 Å². The van der Waals surface area contributed by atoms with Gasteiger partial charge in [-0.1, -0.05) is 6.42 Å². The van der Waals surface area contributed by atoms with E-state index in [0.717, 1.165) is 11.4 Å². The van der Waals surface area contributed by atoms with Crippen molar-refractivity contribution in [1.82, 2.24) is 9.97 Å². The number of hydrogen-bond acceptors (Lipinski definition) is 4. The molecule has 1 aromatic rings. The molecule has 0 unspecified atom stereocenters. The first-order chi connectivity index (χ1) is 6.31. The van der Waals surface area contributed by atoms with Crippen molar-refractivity contribution >= 4 is 5.82 Å². The Morgan fingerprint density at radius 1 is 1.46 bits per heavy atom. The molecule has 1 aromatic heterocycles. The number of nitrogen functional groups attached to an aromatic ring is 1. The second-order valence-electron chi connectivity index (χ2n) is 3.47. The van der Waals surface area contributed by atoms with Crippen LogP contribution in [0.4, 0.5) is 5.82 Å². The van der Waals surface area contributed by atoms with E-state index in [9.17, 15) is 0 Å². The third-order valence-electron chi connectivity index (χ3n) is 2.61. The van der Waals surface area contributed by atoms with Crippen molar-refractivity contribution in [1.29, 1.82) is 0 Å². The lowest BCUT2D eigenvalue weighted by atomic mass is 9.85. The van der Waals surface area contributed by atoms with Gasteiger partial charge in [-0.05, 0) is 12.8 Å². The van der Waals surface area contributed by atoms with Gasteiger partial charge in [-0.3, -0.25) is 0 Å². The summed E-state index contributed by atoms with van der Waals surface area (Å²) < 4.78 is 0. The summed E-state index contributed by atoms with van der Waals surface area (Å²) in [6.07, 6.45) is 5.42. The SMILES string of the molecule is NCc1cnc(C2CCC2)nc1N. The van der Waals surface area contributed by atoms with Crippen LogP contribution in [0.1, 0.15) is 36.6 Å². The van der Waals surface area contributed by atoms with E-state index in [1.54, 1.807) is 6.20 Å². The average molecular weight is 178 g/mol. The van der Waals surface area contributed by atoms with Crippen molar-refractivity contribution < 1.29 is 0 Å². The molecule has 1 heterocycles. The van der Waals surface area contributed by atoms with E-state index in [2.05, 4.69) is 9.97 Å². The lowest BCUT2D eigenvalue weighted by molar-refractivity contribution is 0.401. The first-order valence-electron chi connectivity index (χ1n) is 4.62. The second kappa shape index (κ2) is 3.30. The summed E-state index contributed by atoms with van der Waals surface area (Å²) >= 11 is 0. The lowest BCUT2D eigenvalue weighted by Crippen LogP contribution is -2.15. The topological polar surface area (TPSA) is 77.8 Å². The van der Waals surface area contributed by atoms with E-state index in [0.29, 0.717) is 18.3 Å². The molecule has 4 heteroatoms. The lowest BCUT2D eigenvalue weighted by Gasteiger charge is -2.23. The van der Waals surface area contributed by atoms with Gasteiger partial charge < -0.3 is 11.5 Å². The number of anilines is 1. The van der Waals surface area contributed by atoms with Gasteiger partial charge in [-0.15, -0.1) is 0 Å². The highest BCUT2D eigenvalue weighted by molar-refractivity contribution is 5.37. The third-order valence-corrected chi connectivity index (χ3v) is 2.61. The highest BCUT2D eigenvalue weighted by Gasteiger charge is 2.22. The minimum atomic E-state index is 0.413. The number of nitrogens with zero attached hydrogens (tertiary/aromatic N) is 2. The number of aromatic nitrogens is 2. The normalized spacial score (nSPS) is 17.0. The van der Waals surface area contributed by atoms with Crippen LogP contribution >= 0.6 is 0 Å². The Balaban J connectivity index is 2.24. The summed E-state index contributed by atoms with van der Waals surface area (Å²) in [6.45, 7) is 0.413. The fraction of sp³-hybridized carbons (Fsp3) is 0.556. The minimum absolute atomic E-state index is 0.413. The van der Waals surface area contributed by atoms with Gasteiger partial charge in [0.25, 0.3) is 0 Å². The second-order valence-corrected chi connectivity index (χ2v) is 3.47. The first-order valence-corrected chi connectivity index (χ1v) is 4.62. The van der Waals surface area contributed by atoms with Crippen LogP contribution in [-0.2, 0) is 6.54 Å². The summed E-state index contributed by atoms with van der Waals surface area (Å²) in [7, 11) is 0. The van der Waals surface area contributed by atoms with Crippen LogP contribution in [-0.4, -0.2) is 9.97 Å². The highest BCUT2D eigenvalue weighted by Crippen LogP contribution is 2.34. The number of hydrogen-bond donors (Lipinski definition) is 2. The van der Waals surface area contributed by atoms with Gasteiger partial charge in [-0.2, -0.15) is 0 Å². The van der Waals surface area contributed by atoms with E-state index in [-0.39, 0.29) is 0 Å². The zero-order valence-corrected chi connectivity index (χ0v) is 7.53. The van der Waals surface area contributed by atoms with E-state index < -0.39 is 0 Å². The molecule has 0 spiro atoms. The van der Waals surface area contributed by atoms with Crippen LogP contribution in [0.15, 0.2) is 6.20 Å². The molecule has 1 saturated carbocycles. The van der Waals surface area contributed by atoms with Crippen molar-refractivity contribution in [2.24, 2.45) is 5.73 Å². The standard InChI is InChI=1S/C9H14N4/c10-4-7-5-12-9(13-8(7)11)6-2-1-3-6/h5-6H,1-4,10H2,(H2,11,12,13). The maximum atomic E-state index is 5.72. The van der Waals surface area contributed by atoms with E-state index >= 15 is 0 Å². The summed E-state index contributed by atoms with van der Waals surface area (Å²) in [4.78, 5) is 8.51. The molecule has 13 heavy (non-hydrogen) atoms. The van der Waals surface area contributed by atoms with Crippen LogP contribution in [0.5, 0.6) is 0 Å². The van der Waals surface area contributed by atoms with E-state index in [4.69, 9.17) is 11.5 Å². The van der Waals surface area contributed by atoms with Crippen molar-refractivity contribution in [2.45, 2.75) is 31.7 Å². The quantitative estimate of drug-likeness (QED) is 0.701. The molecule has 0 bridgehead atoms. The Hall–Kier alpha value is -1.16. The zero-order chi connectivity index (χ0) is 9.26. The molecule has 0 aromatic carbocycles. The number of nitrogens with two attached hydrogens (primary N) is 2. The van der Waals surface area contributed by atoms with Crippen LogP contribution < -0.4 is 11.5 Å². The summed E-state index contributed by atoms with van der Waals surface area (Å²) in [5, 5.41) is 0. The van der Waals surface area contributed by atoms with Gasteiger partial charge in [-0.25, -0.2) is 9.97 Å². The molecule has 70 valence electrons.